The predicted octanol–water partition coefficient (Wildman–Crippen LogP) is 2.25. The summed E-state index contributed by atoms with van der Waals surface area (Å²) in [6.45, 7) is 1.26. The predicted molar refractivity (Wildman–Crippen MR) is 108 cm³/mol. The minimum absolute atomic E-state index is 0.0146. The summed E-state index contributed by atoms with van der Waals surface area (Å²) in [7, 11) is 1.98. The number of carbonyl (C=O) groups excluding carboxylic acids is 1. The molecular weight excluding hydrogens is 346 g/mol. The molecule has 1 aromatic heterocycles. The van der Waals surface area contributed by atoms with Crippen molar-refractivity contribution in [2.75, 3.05) is 13.2 Å². The number of hydrogen-bond donors (Lipinski definition) is 2. The third-order valence-corrected chi connectivity index (χ3v) is 6.82. The van der Waals surface area contributed by atoms with Gasteiger partial charge in [0, 0.05) is 35.2 Å². The molecule has 1 aromatic carbocycles. The maximum absolute atomic E-state index is 13.0. The van der Waals surface area contributed by atoms with Gasteiger partial charge >= 0.3 is 0 Å². The lowest BCUT2D eigenvalue weighted by Crippen LogP contribution is -2.43. The Morgan fingerprint density at radius 1 is 1.31 bits per heavy atom. The molecule has 2 aromatic rings. The summed E-state index contributed by atoms with van der Waals surface area (Å²) in [5, 5.41) is 14.2. The minimum Gasteiger partial charge on any atom is -0.395 e. The zero-order valence-corrected chi connectivity index (χ0v) is 16.1. The van der Waals surface area contributed by atoms with Crippen LogP contribution < -0.4 is 10.8 Å². The van der Waals surface area contributed by atoms with Crippen LogP contribution >= 0.6 is 11.6 Å². The molecule has 0 saturated heterocycles. The summed E-state index contributed by atoms with van der Waals surface area (Å²) >= 11 is 6.21. The summed E-state index contributed by atoms with van der Waals surface area (Å²) in [6, 6.07) is 3.77. The maximum atomic E-state index is 13.0. The third kappa shape index (κ3) is 3.16. The molecule has 0 aliphatic heterocycles. The Balaban J connectivity index is 1.60. The van der Waals surface area contributed by atoms with Gasteiger partial charge in [0.1, 0.15) is 7.85 Å². The Hall–Kier alpha value is -1.46. The van der Waals surface area contributed by atoms with E-state index in [0.717, 1.165) is 28.8 Å². The molecular formula is C20H26BClN2O2. The quantitative estimate of drug-likeness (QED) is 0.791. The van der Waals surface area contributed by atoms with E-state index in [1.807, 2.05) is 30.7 Å². The van der Waals surface area contributed by atoms with Gasteiger partial charge in [-0.2, -0.15) is 0 Å². The van der Waals surface area contributed by atoms with Gasteiger partial charge in [-0.05, 0) is 62.0 Å². The highest BCUT2D eigenvalue weighted by Gasteiger charge is 2.40. The van der Waals surface area contributed by atoms with Gasteiger partial charge in [-0.15, -0.1) is 0 Å². The van der Waals surface area contributed by atoms with Gasteiger partial charge in [-0.25, -0.2) is 0 Å². The SMILES string of the molecule is Bc1cc(Cl)cc2c1c(C(=O)NCC13CCC(CC1)CC3)cn2CCO. The monoisotopic (exact) mass is 372 g/mol. The number of rotatable bonds is 5. The van der Waals surface area contributed by atoms with Crippen molar-refractivity contribution in [3.8, 4) is 0 Å². The molecule has 0 atom stereocenters. The van der Waals surface area contributed by atoms with Crippen molar-refractivity contribution >= 4 is 41.7 Å². The van der Waals surface area contributed by atoms with Crippen LogP contribution in [0.5, 0.6) is 0 Å². The van der Waals surface area contributed by atoms with E-state index >= 15 is 0 Å². The molecule has 5 rings (SSSR count). The number of halogens is 1. The van der Waals surface area contributed by atoms with Crippen molar-refractivity contribution < 1.29 is 9.90 Å². The van der Waals surface area contributed by atoms with Crippen LogP contribution in [0.25, 0.3) is 10.9 Å². The number of aliphatic hydroxyl groups is 1. The summed E-state index contributed by atoms with van der Waals surface area (Å²) in [5.74, 6) is 0.913. The standard InChI is InChI=1S/C20H26BClN2O2/c21-16-9-14(22)10-17-18(16)15(11-24(17)7-8-25)19(26)23-12-20-4-1-13(2-5-20)3-6-20/h9-11,13,25H,1-8,12,21H2,(H,23,26). The number of fused-ring (bicyclic) bond motifs is 4. The Morgan fingerprint density at radius 3 is 2.65 bits per heavy atom. The van der Waals surface area contributed by atoms with Crippen molar-refractivity contribution in [2.24, 2.45) is 11.3 Å². The molecule has 6 heteroatoms. The van der Waals surface area contributed by atoms with Crippen molar-refractivity contribution in [1.82, 2.24) is 9.88 Å². The van der Waals surface area contributed by atoms with Gasteiger partial charge in [-0.1, -0.05) is 17.1 Å². The average Bonchev–Trinajstić information content (AvgIpc) is 3.00. The van der Waals surface area contributed by atoms with Gasteiger partial charge in [-0.3, -0.25) is 4.79 Å². The zero-order chi connectivity index (χ0) is 18.3. The minimum atomic E-state index is -0.0146. The second kappa shape index (κ2) is 6.93. The van der Waals surface area contributed by atoms with E-state index in [9.17, 15) is 9.90 Å². The molecule has 3 aliphatic carbocycles. The van der Waals surface area contributed by atoms with Gasteiger partial charge in [0.15, 0.2) is 0 Å². The number of hydrogen-bond acceptors (Lipinski definition) is 2. The first-order chi connectivity index (χ1) is 12.5. The van der Waals surface area contributed by atoms with Crippen LogP contribution in [0.15, 0.2) is 18.3 Å². The van der Waals surface area contributed by atoms with Crippen molar-refractivity contribution in [1.29, 1.82) is 0 Å². The molecule has 2 N–H and O–H groups in total. The lowest BCUT2D eigenvalue weighted by molar-refractivity contribution is 0.0598. The second-order valence-electron chi connectivity index (χ2n) is 8.24. The highest BCUT2D eigenvalue weighted by Crippen LogP contribution is 2.49. The maximum Gasteiger partial charge on any atom is 0.253 e. The average molecular weight is 373 g/mol. The molecule has 0 spiro atoms. The molecule has 3 saturated carbocycles. The van der Waals surface area contributed by atoms with E-state index in [1.54, 1.807) is 0 Å². The largest absolute Gasteiger partial charge is 0.395 e. The molecule has 26 heavy (non-hydrogen) atoms. The lowest BCUT2D eigenvalue weighted by Gasteiger charge is -2.46. The smallest absolute Gasteiger partial charge is 0.253 e. The van der Waals surface area contributed by atoms with Crippen LogP contribution in [-0.2, 0) is 6.54 Å². The first kappa shape index (κ1) is 17.9. The number of nitrogens with one attached hydrogen (secondary N) is 1. The normalized spacial score (nSPS) is 24.9. The second-order valence-corrected chi connectivity index (χ2v) is 8.68. The zero-order valence-electron chi connectivity index (χ0n) is 15.4. The molecule has 0 unspecified atom stereocenters. The number of nitrogens with zero attached hydrogens (tertiary/aromatic N) is 1. The Labute approximate surface area is 160 Å². The summed E-state index contributed by atoms with van der Waals surface area (Å²) in [4.78, 5) is 13.0. The summed E-state index contributed by atoms with van der Waals surface area (Å²) < 4.78 is 1.92. The third-order valence-electron chi connectivity index (χ3n) is 6.60. The fourth-order valence-corrected chi connectivity index (χ4v) is 5.29. The van der Waals surface area contributed by atoms with E-state index in [4.69, 9.17) is 11.6 Å². The van der Waals surface area contributed by atoms with E-state index in [1.165, 1.54) is 38.5 Å². The van der Waals surface area contributed by atoms with Crippen LogP contribution in [-0.4, -0.2) is 36.6 Å². The van der Waals surface area contributed by atoms with Gasteiger partial charge in [0.2, 0.25) is 0 Å². The van der Waals surface area contributed by atoms with Crippen LogP contribution in [0.1, 0.15) is 48.9 Å². The van der Waals surface area contributed by atoms with E-state index < -0.39 is 0 Å². The Kier molecular flexibility index (Phi) is 4.78. The first-order valence-electron chi connectivity index (χ1n) is 9.69. The number of amides is 1. The summed E-state index contributed by atoms with van der Waals surface area (Å²) in [5.41, 5.74) is 2.89. The van der Waals surface area contributed by atoms with Crippen molar-refractivity contribution in [3.63, 3.8) is 0 Å². The highest BCUT2D eigenvalue weighted by molar-refractivity contribution is 6.42. The molecule has 3 aliphatic rings. The fraction of sp³-hybridized carbons (Fsp3) is 0.550. The lowest BCUT2D eigenvalue weighted by atomic mass is 9.61. The van der Waals surface area contributed by atoms with Crippen LogP contribution in [0.4, 0.5) is 0 Å². The highest BCUT2D eigenvalue weighted by atomic mass is 35.5. The van der Waals surface area contributed by atoms with Crippen LogP contribution in [0.3, 0.4) is 0 Å². The van der Waals surface area contributed by atoms with Gasteiger partial charge in [0.25, 0.3) is 5.91 Å². The van der Waals surface area contributed by atoms with Crippen molar-refractivity contribution in [2.45, 2.75) is 45.1 Å². The number of aromatic nitrogens is 1. The fourth-order valence-electron chi connectivity index (χ4n) is 5.02. The molecule has 1 amide bonds. The van der Waals surface area contributed by atoms with Crippen molar-refractivity contribution in [3.05, 3.63) is 28.9 Å². The van der Waals surface area contributed by atoms with E-state index in [0.29, 0.717) is 22.5 Å². The van der Waals surface area contributed by atoms with Gasteiger partial charge < -0.3 is 15.0 Å². The number of aliphatic hydroxyl groups excluding tert-OH is 1. The molecule has 1 heterocycles. The molecule has 3 fully saturated rings. The molecule has 4 nitrogen and oxygen atoms in total. The van der Waals surface area contributed by atoms with Crippen LogP contribution in [0, 0.1) is 11.3 Å². The number of benzene rings is 1. The topological polar surface area (TPSA) is 54.3 Å². The molecule has 2 bridgehead atoms. The van der Waals surface area contributed by atoms with Crippen LogP contribution in [0.2, 0.25) is 5.02 Å². The molecule has 0 radical (unpaired) electrons. The van der Waals surface area contributed by atoms with E-state index in [2.05, 4.69) is 5.32 Å². The molecule has 138 valence electrons. The Morgan fingerprint density at radius 2 is 2.00 bits per heavy atom. The first-order valence-corrected chi connectivity index (χ1v) is 10.1. The summed E-state index contributed by atoms with van der Waals surface area (Å²) in [6.07, 6.45) is 9.57. The Bertz CT molecular complexity index is 826. The van der Waals surface area contributed by atoms with Gasteiger partial charge in [0.05, 0.1) is 12.2 Å². The number of carbonyl (C=O) groups is 1. The van der Waals surface area contributed by atoms with E-state index in [-0.39, 0.29) is 12.5 Å².